The van der Waals surface area contributed by atoms with Crippen molar-refractivity contribution in [3.8, 4) is 0 Å². The molecule has 0 aliphatic rings. The van der Waals surface area contributed by atoms with Crippen LogP contribution in [0, 0.1) is 6.92 Å². The van der Waals surface area contributed by atoms with Crippen LogP contribution in [0.5, 0.6) is 0 Å². The van der Waals surface area contributed by atoms with Gasteiger partial charge in [-0.15, -0.1) is 11.3 Å². The van der Waals surface area contributed by atoms with Crippen molar-refractivity contribution in [2.75, 3.05) is 5.73 Å². The molecule has 0 fully saturated rings. The Morgan fingerprint density at radius 3 is 2.72 bits per heavy atom. The highest BCUT2D eigenvalue weighted by molar-refractivity contribution is 7.17. The van der Waals surface area contributed by atoms with Crippen molar-refractivity contribution in [3.63, 3.8) is 0 Å². The first-order valence-corrected chi connectivity index (χ1v) is 7.05. The van der Waals surface area contributed by atoms with Gasteiger partial charge >= 0.3 is 0 Å². The maximum Gasteiger partial charge on any atom is 0.264 e. The molecule has 0 atom stereocenters. The molecule has 18 heavy (non-hydrogen) atoms. The van der Waals surface area contributed by atoms with Gasteiger partial charge in [-0.25, -0.2) is 9.97 Å². The van der Waals surface area contributed by atoms with E-state index in [0.717, 1.165) is 5.01 Å². The molecule has 7 heteroatoms. The first-order chi connectivity index (χ1) is 8.40. The van der Waals surface area contributed by atoms with Gasteiger partial charge in [-0.05, 0) is 20.8 Å². The van der Waals surface area contributed by atoms with Crippen LogP contribution in [0.25, 0.3) is 0 Å². The number of anilines is 1. The van der Waals surface area contributed by atoms with Crippen LogP contribution in [0.3, 0.4) is 0 Å². The number of nitrogens with one attached hydrogen (secondary N) is 1. The van der Waals surface area contributed by atoms with Gasteiger partial charge in [0.05, 0.1) is 11.2 Å². The van der Waals surface area contributed by atoms with E-state index in [1.807, 2.05) is 19.2 Å². The van der Waals surface area contributed by atoms with Crippen molar-refractivity contribution in [2.24, 2.45) is 0 Å². The molecule has 0 aromatic carbocycles. The second kappa shape index (κ2) is 4.66. The summed E-state index contributed by atoms with van der Waals surface area (Å²) >= 11 is 2.71. The SMILES string of the molecule is Cc1nc(N)sc1C(=O)NC(C)(C)c1nccs1. The van der Waals surface area contributed by atoms with Gasteiger partial charge in [0.1, 0.15) is 9.88 Å². The number of amides is 1. The molecular formula is C11H14N4OS2. The molecule has 3 N–H and O–H groups in total. The average Bonchev–Trinajstić information content (AvgIpc) is 2.86. The lowest BCUT2D eigenvalue weighted by Gasteiger charge is -2.23. The molecule has 96 valence electrons. The fourth-order valence-corrected chi connectivity index (χ4v) is 3.00. The van der Waals surface area contributed by atoms with Crippen LogP contribution < -0.4 is 11.1 Å². The molecule has 0 unspecified atom stereocenters. The van der Waals surface area contributed by atoms with Gasteiger partial charge in [0.2, 0.25) is 0 Å². The van der Waals surface area contributed by atoms with Gasteiger partial charge in [-0.2, -0.15) is 0 Å². The Kier molecular flexibility index (Phi) is 3.36. The topological polar surface area (TPSA) is 80.9 Å². The number of aryl methyl sites for hydroxylation is 1. The van der Waals surface area contributed by atoms with Crippen molar-refractivity contribution in [2.45, 2.75) is 26.3 Å². The summed E-state index contributed by atoms with van der Waals surface area (Å²) in [6.45, 7) is 5.62. The van der Waals surface area contributed by atoms with E-state index >= 15 is 0 Å². The summed E-state index contributed by atoms with van der Waals surface area (Å²) in [4.78, 5) is 21.0. The summed E-state index contributed by atoms with van der Waals surface area (Å²) in [6.07, 6.45) is 1.73. The van der Waals surface area contributed by atoms with Crippen molar-refractivity contribution in [3.05, 3.63) is 27.2 Å². The zero-order valence-electron chi connectivity index (χ0n) is 10.4. The molecule has 2 aromatic rings. The fraction of sp³-hybridized carbons (Fsp3) is 0.364. The standard InChI is InChI=1S/C11H14N4OS2/c1-6-7(18-10(12)14-6)8(16)15-11(2,3)9-13-4-5-17-9/h4-5H,1-3H3,(H2,12,14)(H,15,16). The van der Waals surface area contributed by atoms with Crippen molar-refractivity contribution in [1.82, 2.24) is 15.3 Å². The lowest BCUT2D eigenvalue weighted by molar-refractivity contribution is 0.0915. The number of hydrogen-bond acceptors (Lipinski definition) is 6. The average molecular weight is 282 g/mol. The number of aromatic nitrogens is 2. The second-order valence-corrected chi connectivity index (χ2v) is 6.31. The summed E-state index contributed by atoms with van der Waals surface area (Å²) in [5, 5.41) is 6.11. The van der Waals surface area contributed by atoms with E-state index < -0.39 is 5.54 Å². The molecule has 2 heterocycles. The highest BCUT2D eigenvalue weighted by Gasteiger charge is 2.27. The Balaban J connectivity index is 2.19. The first-order valence-electron chi connectivity index (χ1n) is 5.35. The van der Waals surface area contributed by atoms with E-state index in [9.17, 15) is 4.79 Å². The maximum atomic E-state index is 12.2. The number of rotatable bonds is 3. The molecule has 1 amide bonds. The number of nitrogen functional groups attached to an aromatic ring is 1. The monoisotopic (exact) mass is 282 g/mol. The van der Waals surface area contributed by atoms with Gasteiger partial charge in [-0.3, -0.25) is 4.79 Å². The van der Waals surface area contributed by atoms with Gasteiger partial charge in [0.25, 0.3) is 5.91 Å². The Hall–Kier alpha value is -1.47. The van der Waals surface area contributed by atoms with E-state index in [4.69, 9.17) is 5.73 Å². The van der Waals surface area contributed by atoms with Gasteiger partial charge in [0.15, 0.2) is 5.13 Å². The normalized spacial score (nSPS) is 11.5. The third-order valence-corrected chi connectivity index (χ3v) is 4.49. The minimum absolute atomic E-state index is 0.165. The predicted molar refractivity (Wildman–Crippen MR) is 73.9 cm³/mol. The minimum atomic E-state index is -0.504. The van der Waals surface area contributed by atoms with Gasteiger partial charge in [-0.1, -0.05) is 11.3 Å². The number of thiazole rings is 2. The largest absolute Gasteiger partial charge is 0.375 e. The molecule has 0 spiro atoms. The molecule has 0 bridgehead atoms. The molecule has 0 saturated heterocycles. The summed E-state index contributed by atoms with van der Waals surface area (Å²) < 4.78 is 0. The zero-order chi connectivity index (χ0) is 13.3. The summed E-state index contributed by atoms with van der Waals surface area (Å²) in [7, 11) is 0. The Morgan fingerprint density at radius 1 is 1.50 bits per heavy atom. The van der Waals surface area contributed by atoms with Crippen LogP contribution >= 0.6 is 22.7 Å². The summed E-state index contributed by atoms with van der Waals surface area (Å²) in [6, 6.07) is 0. The predicted octanol–water partition coefficient (Wildman–Crippen LogP) is 2.16. The number of nitrogens with two attached hydrogens (primary N) is 1. The van der Waals surface area contributed by atoms with E-state index in [1.165, 1.54) is 22.7 Å². The number of carbonyl (C=O) groups is 1. The second-order valence-electron chi connectivity index (χ2n) is 4.38. The highest BCUT2D eigenvalue weighted by atomic mass is 32.1. The van der Waals surface area contributed by atoms with Crippen LogP contribution in [0.15, 0.2) is 11.6 Å². The summed E-state index contributed by atoms with van der Waals surface area (Å²) in [5.41, 5.74) is 5.75. The third-order valence-electron chi connectivity index (χ3n) is 2.41. The lowest BCUT2D eigenvalue weighted by atomic mass is 10.1. The number of hydrogen-bond donors (Lipinski definition) is 2. The van der Waals surface area contributed by atoms with Crippen LogP contribution in [-0.4, -0.2) is 15.9 Å². The molecule has 0 radical (unpaired) electrons. The van der Waals surface area contributed by atoms with E-state index in [-0.39, 0.29) is 5.91 Å². The molecule has 2 aromatic heterocycles. The molecule has 5 nitrogen and oxygen atoms in total. The molecule has 2 rings (SSSR count). The van der Waals surface area contributed by atoms with E-state index in [1.54, 1.807) is 13.1 Å². The summed E-state index contributed by atoms with van der Waals surface area (Å²) in [5.74, 6) is -0.165. The van der Waals surface area contributed by atoms with E-state index in [2.05, 4.69) is 15.3 Å². The Morgan fingerprint density at radius 2 is 2.22 bits per heavy atom. The van der Waals surface area contributed by atoms with Crippen molar-refractivity contribution < 1.29 is 4.79 Å². The molecule has 0 aliphatic heterocycles. The molecular weight excluding hydrogens is 268 g/mol. The molecule has 0 saturated carbocycles. The number of carbonyl (C=O) groups excluding carboxylic acids is 1. The molecule has 0 aliphatic carbocycles. The lowest BCUT2D eigenvalue weighted by Crippen LogP contribution is -2.40. The Labute approximate surface area is 113 Å². The highest BCUT2D eigenvalue weighted by Crippen LogP contribution is 2.25. The van der Waals surface area contributed by atoms with Crippen LogP contribution in [-0.2, 0) is 5.54 Å². The quantitative estimate of drug-likeness (QED) is 0.904. The Bertz CT molecular complexity index is 560. The van der Waals surface area contributed by atoms with Crippen LogP contribution in [0.4, 0.5) is 5.13 Å². The van der Waals surface area contributed by atoms with E-state index in [0.29, 0.717) is 15.7 Å². The van der Waals surface area contributed by atoms with Crippen LogP contribution in [0.1, 0.15) is 34.2 Å². The first kappa shape index (κ1) is 13.0. The zero-order valence-corrected chi connectivity index (χ0v) is 12.0. The maximum absolute atomic E-state index is 12.2. The minimum Gasteiger partial charge on any atom is -0.375 e. The third kappa shape index (κ3) is 2.51. The van der Waals surface area contributed by atoms with Gasteiger partial charge < -0.3 is 11.1 Å². The smallest absolute Gasteiger partial charge is 0.264 e. The van der Waals surface area contributed by atoms with Gasteiger partial charge in [0, 0.05) is 11.6 Å². The van der Waals surface area contributed by atoms with Crippen molar-refractivity contribution in [1.29, 1.82) is 0 Å². The van der Waals surface area contributed by atoms with Crippen LogP contribution in [0.2, 0.25) is 0 Å². The number of nitrogens with zero attached hydrogens (tertiary/aromatic N) is 2. The fourth-order valence-electron chi connectivity index (χ4n) is 1.55. The van der Waals surface area contributed by atoms with Crippen molar-refractivity contribution >= 4 is 33.7 Å².